The third-order valence-corrected chi connectivity index (χ3v) is 6.62. The summed E-state index contributed by atoms with van der Waals surface area (Å²) in [5.41, 5.74) is 6.37. The number of hydrogen-bond donors (Lipinski definition) is 2. The van der Waals surface area contributed by atoms with E-state index in [0.717, 1.165) is 0 Å². The summed E-state index contributed by atoms with van der Waals surface area (Å²) >= 11 is 11.9. The van der Waals surface area contributed by atoms with E-state index in [1.54, 1.807) is 0 Å². The number of halogens is 2. The van der Waals surface area contributed by atoms with Crippen LogP contribution in [-0.2, 0) is 14.8 Å². The molecule has 9 heteroatoms. The maximum absolute atomic E-state index is 12.5. The van der Waals surface area contributed by atoms with Gasteiger partial charge in [-0.15, -0.1) is 0 Å². The lowest BCUT2D eigenvalue weighted by molar-refractivity contribution is -0.120. The molecule has 134 valence electrons. The van der Waals surface area contributed by atoms with E-state index in [4.69, 9.17) is 28.9 Å². The highest BCUT2D eigenvalue weighted by Gasteiger charge is 2.31. The van der Waals surface area contributed by atoms with Gasteiger partial charge < -0.3 is 11.1 Å². The average Bonchev–Trinajstić information content (AvgIpc) is 2.52. The summed E-state index contributed by atoms with van der Waals surface area (Å²) in [4.78, 5) is 12.5. The van der Waals surface area contributed by atoms with Crippen molar-refractivity contribution in [3.05, 3.63) is 22.2 Å². The van der Waals surface area contributed by atoms with Gasteiger partial charge in [-0.3, -0.25) is 4.79 Å². The zero-order chi connectivity index (χ0) is 17.9. The summed E-state index contributed by atoms with van der Waals surface area (Å²) in [7, 11) is -3.30. The van der Waals surface area contributed by atoms with Gasteiger partial charge >= 0.3 is 0 Å². The number of benzene rings is 1. The third kappa shape index (κ3) is 4.53. The molecule has 1 aliphatic rings. The van der Waals surface area contributed by atoms with Crippen molar-refractivity contribution in [2.45, 2.75) is 26.2 Å². The largest absolute Gasteiger partial charge is 0.396 e. The number of sulfonamides is 1. The van der Waals surface area contributed by atoms with Crippen molar-refractivity contribution in [2.75, 3.05) is 29.9 Å². The molecule has 0 spiro atoms. The molecule has 6 nitrogen and oxygen atoms in total. The summed E-state index contributed by atoms with van der Waals surface area (Å²) in [6.45, 7) is 2.48. The number of amides is 1. The maximum atomic E-state index is 12.5. The van der Waals surface area contributed by atoms with Crippen molar-refractivity contribution in [1.82, 2.24) is 4.31 Å². The highest BCUT2D eigenvalue weighted by atomic mass is 35.5. The Bertz CT molecular complexity index is 702. The molecule has 0 aliphatic carbocycles. The fourth-order valence-electron chi connectivity index (χ4n) is 2.70. The molecule has 1 aromatic carbocycles. The topological polar surface area (TPSA) is 92.5 Å². The van der Waals surface area contributed by atoms with Crippen LogP contribution in [0.4, 0.5) is 11.4 Å². The first kappa shape index (κ1) is 19.3. The average molecular weight is 394 g/mol. The molecule has 0 aromatic heterocycles. The molecule has 1 atom stereocenters. The first-order chi connectivity index (χ1) is 11.2. The zero-order valence-corrected chi connectivity index (χ0v) is 15.7. The molecule has 1 saturated heterocycles. The quantitative estimate of drug-likeness (QED) is 0.751. The third-order valence-electron chi connectivity index (χ3n) is 3.96. The van der Waals surface area contributed by atoms with Gasteiger partial charge in [0.05, 0.1) is 27.4 Å². The van der Waals surface area contributed by atoms with E-state index < -0.39 is 15.9 Å². The molecule has 1 aliphatic heterocycles. The van der Waals surface area contributed by atoms with Gasteiger partial charge in [-0.05, 0) is 31.4 Å². The Labute approximate surface area is 152 Å². The minimum absolute atomic E-state index is 0.102. The fourth-order valence-corrected chi connectivity index (χ4v) is 4.77. The fraction of sp³-hybridized carbons (Fsp3) is 0.533. The molecule has 0 unspecified atom stereocenters. The Morgan fingerprint density at radius 1 is 1.38 bits per heavy atom. The molecule has 1 heterocycles. The Hall–Kier alpha value is -1.02. The molecule has 1 aromatic rings. The number of nitrogens with one attached hydrogen (secondary N) is 1. The molecule has 0 radical (unpaired) electrons. The van der Waals surface area contributed by atoms with Crippen LogP contribution in [0.15, 0.2) is 12.1 Å². The van der Waals surface area contributed by atoms with Crippen molar-refractivity contribution in [1.29, 1.82) is 0 Å². The second-order valence-corrected chi connectivity index (χ2v) is 8.76. The molecular weight excluding hydrogens is 373 g/mol. The van der Waals surface area contributed by atoms with E-state index in [1.807, 2.05) is 6.92 Å². The number of nitrogen functional groups attached to an aromatic ring is 1. The number of carbonyl (C=O) groups excluding carboxylic acids is 1. The van der Waals surface area contributed by atoms with E-state index in [2.05, 4.69) is 5.32 Å². The molecule has 2 rings (SSSR count). The Balaban J connectivity index is 2.07. The van der Waals surface area contributed by atoms with Gasteiger partial charge in [0.15, 0.2) is 0 Å². The highest BCUT2D eigenvalue weighted by molar-refractivity contribution is 7.89. The van der Waals surface area contributed by atoms with Gasteiger partial charge in [-0.1, -0.05) is 30.1 Å². The lowest BCUT2D eigenvalue weighted by atomic mass is 9.98. The smallest absolute Gasteiger partial charge is 0.228 e. The van der Waals surface area contributed by atoms with Crippen LogP contribution in [0.2, 0.25) is 10.0 Å². The molecule has 1 fully saturated rings. The second kappa shape index (κ2) is 7.91. The van der Waals surface area contributed by atoms with Gasteiger partial charge in [0.2, 0.25) is 15.9 Å². The Morgan fingerprint density at radius 2 is 2.00 bits per heavy atom. The van der Waals surface area contributed by atoms with Crippen molar-refractivity contribution >= 4 is 50.5 Å². The van der Waals surface area contributed by atoms with Crippen LogP contribution in [0.1, 0.15) is 26.2 Å². The molecule has 0 saturated carbocycles. The second-order valence-electron chi connectivity index (χ2n) is 5.86. The Morgan fingerprint density at radius 3 is 2.58 bits per heavy atom. The van der Waals surface area contributed by atoms with Gasteiger partial charge in [-0.2, -0.15) is 0 Å². The number of anilines is 2. The maximum Gasteiger partial charge on any atom is 0.228 e. The number of nitrogens with two attached hydrogens (primary N) is 1. The zero-order valence-electron chi connectivity index (χ0n) is 13.4. The SMILES string of the molecule is CCCS(=O)(=O)N1CCC[C@H](C(=O)Nc2cc(Cl)c(N)c(Cl)c2)C1. The van der Waals surface area contributed by atoms with Crippen LogP contribution in [0.5, 0.6) is 0 Å². The van der Waals surface area contributed by atoms with Crippen LogP contribution in [0.3, 0.4) is 0 Å². The molecule has 0 bridgehead atoms. The van der Waals surface area contributed by atoms with Crippen LogP contribution in [0, 0.1) is 5.92 Å². The van der Waals surface area contributed by atoms with Crippen LogP contribution in [-0.4, -0.2) is 37.5 Å². The van der Waals surface area contributed by atoms with E-state index in [-0.39, 0.29) is 33.9 Å². The molecule has 3 N–H and O–H groups in total. The van der Waals surface area contributed by atoms with E-state index >= 15 is 0 Å². The summed E-state index contributed by atoms with van der Waals surface area (Å²) in [5.74, 6) is -0.548. The van der Waals surface area contributed by atoms with Gasteiger partial charge in [-0.25, -0.2) is 12.7 Å². The minimum Gasteiger partial charge on any atom is -0.396 e. The molecular formula is C15H21Cl2N3O3S. The van der Waals surface area contributed by atoms with Crippen molar-refractivity contribution in [3.8, 4) is 0 Å². The first-order valence-corrected chi connectivity index (χ1v) is 10.1. The van der Waals surface area contributed by atoms with Crippen molar-refractivity contribution in [3.63, 3.8) is 0 Å². The molecule has 1 amide bonds. The van der Waals surface area contributed by atoms with Gasteiger partial charge in [0, 0.05) is 18.8 Å². The Kier molecular flexibility index (Phi) is 6.36. The van der Waals surface area contributed by atoms with Crippen LogP contribution in [0.25, 0.3) is 0 Å². The van der Waals surface area contributed by atoms with Gasteiger partial charge in [0.1, 0.15) is 0 Å². The monoisotopic (exact) mass is 393 g/mol. The van der Waals surface area contributed by atoms with Crippen LogP contribution < -0.4 is 11.1 Å². The van der Waals surface area contributed by atoms with E-state index in [0.29, 0.717) is 31.5 Å². The lowest BCUT2D eigenvalue weighted by Gasteiger charge is -2.31. The minimum atomic E-state index is -3.30. The van der Waals surface area contributed by atoms with E-state index in [1.165, 1.54) is 16.4 Å². The number of rotatable bonds is 5. The van der Waals surface area contributed by atoms with Crippen molar-refractivity contribution in [2.24, 2.45) is 5.92 Å². The van der Waals surface area contributed by atoms with Crippen LogP contribution >= 0.6 is 23.2 Å². The first-order valence-electron chi connectivity index (χ1n) is 7.77. The summed E-state index contributed by atoms with van der Waals surface area (Å²) in [6, 6.07) is 3.05. The van der Waals surface area contributed by atoms with Gasteiger partial charge in [0.25, 0.3) is 0 Å². The summed E-state index contributed by atoms with van der Waals surface area (Å²) in [6.07, 6.45) is 1.85. The predicted molar refractivity (Wildman–Crippen MR) is 97.9 cm³/mol. The number of piperidine rings is 1. The number of nitrogens with zero attached hydrogens (tertiary/aromatic N) is 1. The standard InChI is InChI=1S/C15H21Cl2N3O3S/c1-2-6-24(22,23)20-5-3-4-10(9-20)15(21)19-11-7-12(16)14(18)13(17)8-11/h7-8,10H,2-6,9,18H2,1H3,(H,19,21)/t10-/m0/s1. The summed E-state index contributed by atoms with van der Waals surface area (Å²) in [5, 5.41) is 3.26. The lowest BCUT2D eigenvalue weighted by Crippen LogP contribution is -2.44. The number of carbonyl (C=O) groups is 1. The van der Waals surface area contributed by atoms with Crippen molar-refractivity contribution < 1.29 is 13.2 Å². The predicted octanol–water partition coefficient (Wildman–Crippen LogP) is 2.97. The summed E-state index contributed by atoms with van der Waals surface area (Å²) < 4.78 is 25.8. The highest BCUT2D eigenvalue weighted by Crippen LogP contribution is 2.31. The molecule has 24 heavy (non-hydrogen) atoms. The number of hydrogen-bond acceptors (Lipinski definition) is 4. The normalized spacial score (nSPS) is 19.2. The van der Waals surface area contributed by atoms with E-state index in [9.17, 15) is 13.2 Å².